The van der Waals surface area contributed by atoms with E-state index in [1.807, 2.05) is 24.3 Å². The molecule has 0 bridgehead atoms. The Hall–Kier alpha value is -2.04. The molecule has 1 N–H and O–H groups in total. The van der Waals surface area contributed by atoms with E-state index < -0.39 is 6.10 Å². The third-order valence-electron chi connectivity index (χ3n) is 3.03. The molecule has 5 nitrogen and oxygen atoms in total. The van der Waals surface area contributed by atoms with Crippen molar-refractivity contribution in [1.29, 1.82) is 0 Å². The van der Waals surface area contributed by atoms with Gasteiger partial charge in [0.15, 0.2) is 6.10 Å². The number of para-hydroxylation sites is 1. The van der Waals surface area contributed by atoms with Crippen molar-refractivity contribution in [3.63, 3.8) is 0 Å². The third-order valence-corrected chi connectivity index (χ3v) is 3.03. The number of hydrogen-bond donors (Lipinski definition) is 1. The Morgan fingerprint density at radius 2 is 2.21 bits per heavy atom. The van der Waals surface area contributed by atoms with Gasteiger partial charge in [0.2, 0.25) is 0 Å². The molecule has 2 atom stereocenters. The van der Waals surface area contributed by atoms with E-state index in [1.165, 1.54) is 7.11 Å². The smallest absolute Gasteiger partial charge is 0.307 e. The van der Waals surface area contributed by atoms with Crippen LogP contribution >= 0.6 is 0 Å². The SMILES string of the molecule is COC(=O)CC(C)NC(=O)C1Cc2ccccc2O1. The van der Waals surface area contributed by atoms with Crippen LogP contribution in [-0.4, -0.2) is 31.1 Å². The molecular formula is C14H17NO4. The first-order valence-electron chi connectivity index (χ1n) is 6.22. The van der Waals surface area contributed by atoms with E-state index in [2.05, 4.69) is 10.1 Å². The first-order valence-corrected chi connectivity index (χ1v) is 6.22. The maximum atomic E-state index is 12.0. The van der Waals surface area contributed by atoms with Crippen molar-refractivity contribution in [1.82, 2.24) is 5.32 Å². The first-order chi connectivity index (χ1) is 9.10. The lowest BCUT2D eigenvalue weighted by molar-refractivity contribution is -0.141. The molecule has 1 aromatic carbocycles. The van der Waals surface area contributed by atoms with Gasteiger partial charge in [-0.3, -0.25) is 9.59 Å². The van der Waals surface area contributed by atoms with Gasteiger partial charge in [0, 0.05) is 12.5 Å². The van der Waals surface area contributed by atoms with E-state index >= 15 is 0 Å². The van der Waals surface area contributed by atoms with Gasteiger partial charge in [0.1, 0.15) is 5.75 Å². The highest BCUT2D eigenvalue weighted by atomic mass is 16.5. The second-order valence-electron chi connectivity index (χ2n) is 4.61. The van der Waals surface area contributed by atoms with Gasteiger partial charge in [-0.05, 0) is 18.6 Å². The molecular weight excluding hydrogens is 246 g/mol. The average Bonchev–Trinajstić information content (AvgIpc) is 2.82. The maximum absolute atomic E-state index is 12.0. The van der Waals surface area contributed by atoms with Crippen LogP contribution < -0.4 is 10.1 Å². The summed E-state index contributed by atoms with van der Waals surface area (Å²) in [5, 5.41) is 2.76. The molecule has 102 valence electrons. The number of esters is 1. The molecule has 0 radical (unpaired) electrons. The molecule has 0 saturated carbocycles. The second kappa shape index (κ2) is 5.73. The topological polar surface area (TPSA) is 64.6 Å². The molecule has 5 heteroatoms. The highest BCUT2D eigenvalue weighted by molar-refractivity contribution is 5.83. The molecule has 1 aliphatic rings. The van der Waals surface area contributed by atoms with Crippen molar-refractivity contribution >= 4 is 11.9 Å². The summed E-state index contributed by atoms with van der Waals surface area (Å²) >= 11 is 0. The summed E-state index contributed by atoms with van der Waals surface area (Å²) in [6.07, 6.45) is 0.201. The van der Waals surface area contributed by atoms with Gasteiger partial charge >= 0.3 is 5.97 Å². The van der Waals surface area contributed by atoms with E-state index in [4.69, 9.17) is 4.74 Å². The fourth-order valence-corrected chi connectivity index (χ4v) is 2.05. The standard InChI is InChI=1S/C14H17NO4/c1-9(7-13(16)18-2)15-14(17)12-8-10-5-3-4-6-11(10)19-12/h3-6,9,12H,7-8H2,1-2H3,(H,15,17). The Kier molecular flexibility index (Phi) is 4.04. The van der Waals surface area contributed by atoms with Crippen molar-refractivity contribution in [2.75, 3.05) is 7.11 Å². The molecule has 1 amide bonds. The predicted molar refractivity (Wildman–Crippen MR) is 68.8 cm³/mol. The maximum Gasteiger partial charge on any atom is 0.307 e. The Labute approximate surface area is 111 Å². The molecule has 19 heavy (non-hydrogen) atoms. The number of methoxy groups -OCH3 is 1. The molecule has 2 unspecified atom stereocenters. The monoisotopic (exact) mass is 263 g/mol. The summed E-state index contributed by atoms with van der Waals surface area (Å²) in [7, 11) is 1.33. The summed E-state index contributed by atoms with van der Waals surface area (Å²) < 4.78 is 10.1. The van der Waals surface area contributed by atoms with Gasteiger partial charge in [-0.25, -0.2) is 0 Å². The number of hydrogen-bond acceptors (Lipinski definition) is 4. The van der Waals surface area contributed by atoms with Crippen molar-refractivity contribution in [3.05, 3.63) is 29.8 Å². The van der Waals surface area contributed by atoms with Gasteiger partial charge < -0.3 is 14.8 Å². The Morgan fingerprint density at radius 1 is 1.47 bits per heavy atom. The van der Waals surface area contributed by atoms with E-state index in [0.717, 1.165) is 11.3 Å². The summed E-state index contributed by atoms with van der Waals surface area (Å²) in [5.74, 6) is 0.208. The lowest BCUT2D eigenvalue weighted by Crippen LogP contribution is -2.42. The minimum absolute atomic E-state index is 0.155. The molecule has 1 aromatic rings. The number of nitrogens with one attached hydrogen (secondary N) is 1. The average molecular weight is 263 g/mol. The van der Waals surface area contributed by atoms with Crippen LogP contribution in [-0.2, 0) is 20.7 Å². The fourth-order valence-electron chi connectivity index (χ4n) is 2.05. The van der Waals surface area contributed by atoms with Gasteiger partial charge in [-0.1, -0.05) is 18.2 Å². The van der Waals surface area contributed by atoms with Gasteiger partial charge in [-0.2, -0.15) is 0 Å². The number of carbonyl (C=O) groups is 2. The van der Waals surface area contributed by atoms with Crippen LogP contribution in [0.4, 0.5) is 0 Å². The zero-order valence-electron chi connectivity index (χ0n) is 11.0. The minimum Gasteiger partial charge on any atom is -0.480 e. The minimum atomic E-state index is -0.516. The van der Waals surface area contributed by atoms with Crippen LogP contribution in [0.2, 0.25) is 0 Å². The van der Waals surface area contributed by atoms with Gasteiger partial charge in [0.25, 0.3) is 5.91 Å². The van der Waals surface area contributed by atoms with Crippen LogP contribution in [0.3, 0.4) is 0 Å². The number of amides is 1. The van der Waals surface area contributed by atoms with Crippen LogP contribution in [0.25, 0.3) is 0 Å². The molecule has 1 aliphatic heterocycles. The zero-order valence-corrected chi connectivity index (χ0v) is 11.0. The molecule has 0 spiro atoms. The normalized spacial score (nSPS) is 18.1. The van der Waals surface area contributed by atoms with Crippen LogP contribution in [0.15, 0.2) is 24.3 Å². The Morgan fingerprint density at radius 3 is 2.89 bits per heavy atom. The lowest BCUT2D eigenvalue weighted by atomic mass is 10.1. The van der Waals surface area contributed by atoms with E-state index in [9.17, 15) is 9.59 Å². The Balaban J connectivity index is 1.87. The highest BCUT2D eigenvalue weighted by Crippen LogP contribution is 2.28. The third kappa shape index (κ3) is 3.24. The van der Waals surface area contributed by atoms with Gasteiger partial charge in [0.05, 0.1) is 13.5 Å². The second-order valence-corrected chi connectivity index (χ2v) is 4.61. The summed E-state index contributed by atoms with van der Waals surface area (Å²) in [4.78, 5) is 23.1. The number of benzene rings is 1. The summed E-state index contributed by atoms with van der Waals surface area (Å²) in [5.41, 5.74) is 1.03. The van der Waals surface area contributed by atoms with Crippen LogP contribution in [0.5, 0.6) is 5.75 Å². The van der Waals surface area contributed by atoms with Crippen LogP contribution in [0, 0.1) is 0 Å². The molecule has 1 heterocycles. The van der Waals surface area contributed by atoms with Gasteiger partial charge in [-0.15, -0.1) is 0 Å². The van der Waals surface area contributed by atoms with E-state index in [0.29, 0.717) is 6.42 Å². The summed E-state index contributed by atoms with van der Waals surface area (Å²) in [6, 6.07) is 7.31. The first kappa shape index (κ1) is 13.4. The predicted octanol–water partition coefficient (Wildman–Crippen LogP) is 1.06. The van der Waals surface area contributed by atoms with Crippen molar-refractivity contribution in [2.45, 2.75) is 31.9 Å². The molecule has 0 saturated heterocycles. The molecule has 2 rings (SSSR count). The largest absolute Gasteiger partial charge is 0.480 e. The molecule has 0 aliphatic carbocycles. The lowest BCUT2D eigenvalue weighted by Gasteiger charge is -2.16. The van der Waals surface area contributed by atoms with E-state index in [1.54, 1.807) is 6.92 Å². The quantitative estimate of drug-likeness (QED) is 0.825. The number of fused-ring (bicyclic) bond motifs is 1. The molecule has 0 aromatic heterocycles. The van der Waals surface area contributed by atoms with Crippen LogP contribution in [0.1, 0.15) is 18.9 Å². The van der Waals surface area contributed by atoms with E-state index in [-0.39, 0.29) is 24.3 Å². The van der Waals surface area contributed by atoms with Crippen molar-refractivity contribution < 1.29 is 19.1 Å². The fraction of sp³-hybridized carbons (Fsp3) is 0.429. The Bertz CT molecular complexity index is 461. The molecule has 0 fully saturated rings. The zero-order chi connectivity index (χ0) is 13.8. The van der Waals surface area contributed by atoms with Crippen molar-refractivity contribution in [2.24, 2.45) is 0 Å². The van der Waals surface area contributed by atoms with Crippen molar-refractivity contribution in [3.8, 4) is 5.75 Å². The summed E-state index contributed by atoms with van der Waals surface area (Å²) in [6.45, 7) is 1.76. The number of carbonyl (C=O) groups excluding carboxylic acids is 2. The number of rotatable bonds is 4. The number of ether oxygens (including phenoxy) is 2. The highest BCUT2D eigenvalue weighted by Gasteiger charge is 2.29.